The van der Waals surface area contributed by atoms with Crippen LogP contribution in [0.5, 0.6) is 5.75 Å². The molecule has 6 heteroatoms. The average molecular weight is 340 g/mol. The number of anilines is 1. The molecule has 6 nitrogen and oxygen atoms in total. The zero-order chi connectivity index (χ0) is 17.8. The molecule has 1 saturated heterocycles. The molecule has 0 N–H and O–H groups in total. The van der Waals surface area contributed by atoms with Gasteiger partial charge in [-0.15, -0.1) is 0 Å². The summed E-state index contributed by atoms with van der Waals surface area (Å²) in [5.41, 5.74) is 1.09. The van der Waals surface area contributed by atoms with E-state index in [2.05, 4.69) is 14.9 Å². The van der Waals surface area contributed by atoms with E-state index < -0.39 is 0 Å². The molecule has 2 heterocycles. The van der Waals surface area contributed by atoms with E-state index in [4.69, 9.17) is 4.74 Å². The van der Waals surface area contributed by atoms with Gasteiger partial charge in [0.1, 0.15) is 5.75 Å². The van der Waals surface area contributed by atoms with E-state index in [0.717, 1.165) is 17.9 Å². The Morgan fingerprint density at radius 3 is 2.44 bits per heavy atom. The van der Waals surface area contributed by atoms with Crippen molar-refractivity contribution in [2.75, 3.05) is 24.5 Å². The summed E-state index contributed by atoms with van der Waals surface area (Å²) in [6, 6.07) is 9.78. The first-order valence-electron chi connectivity index (χ1n) is 8.60. The van der Waals surface area contributed by atoms with Gasteiger partial charge in [-0.2, -0.15) is 0 Å². The van der Waals surface area contributed by atoms with E-state index in [1.165, 1.54) is 0 Å². The molecular formula is C19H24N4O2. The van der Waals surface area contributed by atoms with Gasteiger partial charge in [-0.05, 0) is 37.6 Å². The van der Waals surface area contributed by atoms with Gasteiger partial charge >= 0.3 is 0 Å². The third kappa shape index (κ3) is 4.07. The first-order valence-corrected chi connectivity index (χ1v) is 8.60. The lowest BCUT2D eigenvalue weighted by atomic mass is 10.0. The number of amides is 1. The van der Waals surface area contributed by atoms with Gasteiger partial charge < -0.3 is 14.5 Å². The van der Waals surface area contributed by atoms with Crippen molar-refractivity contribution in [1.82, 2.24) is 14.9 Å². The SMILES string of the molecule is CC(=O)N1CCN(c2ncccn2)C[C@H]1c1ccc(OC(C)C)cc1. The summed E-state index contributed by atoms with van der Waals surface area (Å²) in [7, 11) is 0. The first-order chi connectivity index (χ1) is 12.0. The number of rotatable bonds is 4. The molecule has 1 aliphatic rings. The number of aromatic nitrogens is 2. The minimum Gasteiger partial charge on any atom is -0.491 e. The summed E-state index contributed by atoms with van der Waals surface area (Å²) in [5.74, 6) is 1.63. The molecule has 0 bridgehead atoms. The fourth-order valence-corrected chi connectivity index (χ4v) is 3.12. The standard InChI is InChI=1S/C19H24N4O2/c1-14(2)25-17-7-5-16(6-8-17)18-13-22(11-12-23(18)15(3)24)19-20-9-4-10-21-19/h4-10,14,18H,11-13H2,1-3H3/t18-/m0/s1. The Bertz CT molecular complexity index is 703. The topological polar surface area (TPSA) is 58.6 Å². The van der Waals surface area contributed by atoms with Crippen molar-refractivity contribution in [2.24, 2.45) is 0 Å². The quantitative estimate of drug-likeness (QED) is 0.856. The van der Waals surface area contributed by atoms with Crippen molar-refractivity contribution in [3.05, 3.63) is 48.3 Å². The van der Waals surface area contributed by atoms with Crippen LogP contribution in [0.2, 0.25) is 0 Å². The number of benzene rings is 1. The van der Waals surface area contributed by atoms with E-state index >= 15 is 0 Å². The van der Waals surface area contributed by atoms with Crippen LogP contribution in [-0.4, -0.2) is 46.5 Å². The number of hydrogen-bond donors (Lipinski definition) is 0. The van der Waals surface area contributed by atoms with Crippen molar-refractivity contribution >= 4 is 11.9 Å². The highest BCUT2D eigenvalue weighted by Crippen LogP contribution is 2.28. The molecule has 0 spiro atoms. The van der Waals surface area contributed by atoms with Crippen molar-refractivity contribution in [3.8, 4) is 5.75 Å². The molecule has 0 unspecified atom stereocenters. The van der Waals surface area contributed by atoms with Crippen LogP contribution >= 0.6 is 0 Å². The summed E-state index contributed by atoms with van der Waals surface area (Å²) in [5, 5.41) is 0. The monoisotopic (exact) mass is 340 g/mol. The maximum Gasteiger partial charge on any atom is 0.225 e. The lowest BCUT2D eigenvalue weighted by Gasteiger charge is -2.41. The highest BCUT2D eigenvalue weighted by atomic mass is 16.5. The normalized spacial score (nSPS) is 17.7. The Balaban J connectivity index is 1.82. The Kier molecular flexibility index (Phi) is 5.16. The Morgan fingerprint density at radius 2 is 1.84 bits per heavy atom. The number of nitrogens with zero attached hydrogens (tertiary/aromatic N) is 4. The molecule has 0 radical (unpaired) electrons. The summed E-state index contributed by atoms with van der Waals surface area (Å²) in [6.07, 6.45) is 3.62. The third-order valence-corrected chi connectivity index (χ3v) is 4.26. The zero-order valence-electron chi connectivity index (χ0n) is 14.9. The second-order valence-corrected chi connectivity index (χ2v) is 6.46. The Hall–Kier alpha value is -2.63. The molecule has 3 rings (SSSR count). The number of piperazine rings is 1. The van der Waals surface area contributed by atoms with Crippen LogP contribution < -0.4 is 9.64 Å². The van der Waals surface area contributed by atoms with Crippen molar-refractivity contribution in [2.45, 2.75) is 32.9 Å². The molecule has 25 heavy (non-hydrogen) atoms. The number of carbonyl (C=O) groups is 1. The number of carbonyl (C=O) groups excluding carboxylic acids is 1. The van der Waals surface area contributed by atoms with Gasteiger partial charge in [0.25, 0.3) is 0 Å². The third-order valence-electron chi connectivity index (χ3n) is 4.26. The van der Waals surface area contributed by atoms with Crippen molar-refractivity contribution < 1.29 is 9.53 Å². The van der Waals surface area contributed by atoms with Crippen LogP contribution in [0.1, 0.15) is 32.4 Å². The minimum absolute atomic E-state index is 0.0249. The molecule has 1 aromatic heterocycles. The van der Waals surface area contributed by atoms with Gasteiger partial charge in [-0.1, -0.05) is 12.1 Å². The van der Waals surface area contributed by atoms with Crippen molar-refractivity contribution in [1.29, 1.82) is 0 Å². The second-order valence-electron chi connectivity index (χ2n) is 6.46. The van der Waals surface area contributed by atoms with Crippen LogP contribution in [0.3, 0.4) is 0 Å². The highest BCUT2D eigenvalue weighted by Gasteiger charge is 2.31. The van der Waals surface area contributed by atoms with Crippen molar-refractivity contribution in [3.63, 3.8) is 0 Å². The molecule has 132 valence electrons. The molecule has 0 aliphatic carbocycles. The molecule has 1 aromatic carbocycles. The van der Waals surface area contributed by atoms with Crippen LogP contribution in [0.15, 0.2) is 42.7 Å². The van der Waals surface area contributed by atoms with Crippen LogP contribution in [0.4, 0.5) is 5.95 Å². The largest absolute Gasteiger partial charge is 0.491 e. The lowest BCUT2D eigenvalue weighted by molar-refractivity contribution is -0.131. The Morgan fingerprint density at radius 1 is 1.16 bits per heavy atom. The van der Waals surface area contributed by atoms with Gasteiger partial charge in [0.05, 0.1) is 12.1 Å². The number of ether oxygens (including phenoxy) is 1. The van der Waals surface area contributed by atoms with Crippen LogP contribution in [-0.2, 0) is 4.79 Å². The van der Waals surface area contributed by atoms with Gasteiger partial charge in [0.2, 0.25) is 11.9 Å². The molecule has 1 amide bonds. The van der Waals surface area contributed by atoms with E-state index in [-0.39, 0.29) is 18.1 Å². The first kappa shape index (κ1) is 17.2. The second kappa shape index (κ2) is 7.51. The number of hydrogen-bond acceptors (Lipinski definition) is 5. The zero-order valence-corrected chi connectivity index (χ0v) is 14.9. The summed E-state index contributed by atoms with van der Waals surface area (Å²) < 4.78 is 5.71. The van der Waals surface area contributed by atoms with E-state index in [0.29, 0.717) is 19.0 Å². The smallest absolute Gasteiger partial charge is 0.225 e. The van der Waals surface area contributed by atoms with Gasteiger partial charge in [0.15, 0.2) is 0 Å². The predicted octanol–water partition coefficient (Wildman–Crippen LogP) is 2.67. The molecule has 1 atom stereocenters. The van der Waals surface area contributed by atoms with Crippen LogP contribution in [0.25, 0.3) is 0 Å². The minimum atomic E-state index is -0.0249. The van der Waals surface area contributed by atoms with E-state index in [1.54, 1.807) is 25.4 Å². The average Bonchev–Trinajstić information content (AvgIpc) is 2.62. The van der Waals surface area contributed by atoms with Crippen LogP contribution in [0, 0.1) is 0 Å². The van der Waals surface area contributed by atoms with Gasteiger partial charge in [-0.25, -0.2) is 9.97 Å². The maximum absolute atomic E-state index is 12.1. The highest BCUT2D eigenvalue weighted by molar-refractivity contribution is 5.74. The van der Waals surface area contributed by atoms with E-state index in [9.17, 15) is 4.79 Å². The van der Waals surface area contributed by atoms with Gasteiger partial charge in [0, 0.05) is 39.0 Å². The fourth-order valence-electron chi connectivity index (χ4n) is 3.12. The predicted molar refractivity (Wildman–Crippen MR) is 96.6 cm³/mol. The fraction of sp³-hybridized carbons (Fsp3) is 0.421. The summed E-state index contributed by atoms with van der Waals surface area (Å²) in [6.45, 7) is 7.69. The molecule has 1 aliphatic heterocycles. The maximum atomic E-state index is 12.1. The molecule has 0 saturated carbocycles. The lowest BCUT2D eigenvalue weighted by Crippen LogP contribution is -2.50. The Labute approximate surface area is 148 Å². The molecule has 1 fully saturated rings. The summed E-state index contributed by atoms with van der Waals surface area (Å²) in [4.78, 5) is 24.8. The van der Waals surface area contributed by atoms with Gasteiger partial charge in [-0.3, -0.25) is 4.79 Å². The molecule has 2 aromatic rings. The van der Waals surface area contributed by atoms with E-state index in [1.807, 2.05) is 43.0 Å². The summed E-state index contributed by atoms with van der Waals surface area (Å²) >= 11 is 0. The molecular weight excluding hydrogens is 316 g/mol.